The van der Waals surface area contributed by atoms with Crippen molar-refractivity contribution >= 4 is 23.7 Å². The van der Waals surface area contributed by atoms with E-state index >= 15 is 0 Å². The Labute approximate surface area is 117 Å². The van der Waals surface area contributed by atoms with Gasteiger partial charge in [0.15, 0.2) is 5.82 Å². The Hall–Kier alpha value is -2.43. The molecular weight excluding hydrogens is 252 g/mol. The second kappa shape index (κ2) is 4.92. The molecule has 0 aliphatic carbocycles. The molecule has 0 spiro atoms. The second-order valence-electron chi connectivity index (χ2n) is 4.75. The van der Waals surface area contributed by atoms with Crippen LogP contribution < -0.4 is 0 Å². The van der Waals surface area contributed by atoms with E-state index < -0.39 is 0 Å². The summed E-state index contributed by atoms with van der Waals surface area (Å²) in [5.74, 6) is 1.74. The Balaban J connectivity index is 2.02. The van der Waals surface area contributed by atoms with Gasteiger partial charge >= 0.3 is 0 Å². The minimum absolute atomic E-state index is 0.211. The molecule has 0 unspecified atom stereocenters. The first-order chi connectivity index (χ1) is 9.70. The van der Waals surface area contributed by atoms with E-state index in [1.807, 2.05) is 29.7 Å². The molecule has 20 heavy (non-hydrogen) atoms. The number of aromatic nitrogens is 3. The fourth-order valence-electron chi connectivity index (χ4n) is 2.35. The fraction of sp³-hybridized carbons (Fsp3) is 0.267. The van der Waals surface area contributed by atoms with Crippen molar-refractivity contribution in [3.63, 3.8) is 0 Å². The molecular formula is C15H16N4O. The summed E-state index contributed by atoms with van der Waals surface area (Å²) in [5, 5.41) is 10.2. The normalized spacial score (nSPS) is 15.0. The zero-order valence-electron chi connectivity index (χ0n) is 11.5. The van der Waals surface area contributed by atoms with Crippen molar-refractivity contribution in [2.75, 3.05) is 0 Å². The highest BCUT2D eigenvalue weighted by molar-refractivity contribution is 6.20. The van der Waals surface area contributed by atoms with Crippen molar-refractivity contribution in [2.45, 2.75) is 26.8 Å². The Kier molecular flexibility index (Phi) is 3.10. The first-order valence-corrected chi connectivity index (χ1v) is 6.68. The molecule has 0 saturated heterocycles. The number of aromatic hydroxyl groups is 1. The van der Waals surface area contributed by atoms with Gasteiger partial charge in [0.25, 0.3) is 0 Å². The van der Waals surface area contributed by atoms with Gasteiger partial charge in [-0.15, -0.1) is 0 Å². The maximum absolute atomic E-state index is 10.2. The van der Waals surface area contributed by atoms with E-state index in [4.69, 9.17) is 0 Å². The molecule has 102 valence electrons. The van der Waals surface area contributed by atoms with E-state index in [9.17, 15) is 5.11 Å². The number of pyridine rings is 1. The number of allylic oxidation sites excluding steroid dienone is 1. The largest absolute Gasteiger partial charge is 0.493 e. The molecule has 0 atom stereocenters. The minimum atomic E-state index is 0.211. The van der Waals surface area contributed by atoms with Crippen LogP contribution in [0, 0.1) is 6.92 Å². The van der Waals surface area contributed by atoms with Crippen molar-refractivity contribution in [3.05, 3.63) is 35.4 Å². The summed E-state index contributed by atoms with van der Waals surface area (Å²) >= 11 is 0. The lowest BCUT2D eigenvalue weighted by molar-refractivity contribution is 0.412. The zero-order chi connectivity index (χ0) is 14.1. The average Bonchev–Trinajstić information content (AvgIpc) is 2.97. The van der Waals surface area contributed by atoms with Gasteiger partial charge in [0.1, 0.15) is 11.5 Å². The predicted molar refractivity (Wildman–Crippen MR) is 79.2 cm³/mol. The number of rotatable bonds is 3. The van der Waals surface area contributed by atoms with E-state index in [2.05, 4.69) is 21.9 Å². The number of aryl methyl sites for hydroxylation is 1. The quantitative estimate of drug-likeness (QED) is 0.930. The van der Waals surface area contributed by atoms with Crippen LogP contribution in [0.15, 0.2) is 23.3 Å². The highest BCUT2D eigenvalue weighted by atomic mass is 16.3. The van der Waals surface area contributed by atoms with Crippen molar-refractivity contribution in [3.8, 4) is 5.88 Å². The van der Waals surface area contributed by atoms with Gasteiger partial charge in [-0.05, 0) is 31.6 Å². The summed E-state index contributed by atoms with van der Waals surface area (Å²) in [6, 6.07) is 3.84. The highest BCUT2D eigenvalue weighted by Crippen LogP contribution is 2.31. The van der Waals surface area contributed by atoms with Gasteiger partial charge in [0.2, 0.25) is 5.88 Å². The van der Waals surface area contributed by atoms with Gasteiger partial charge < -0.3 is 5.11 Å². The maximum atomic E-state index is 10.2. The van der Waals surface area contributed by atoms with Crippen LogP contribution in [0.3, 0.4) is 0 Å². The van der Waals surface area contributed by atoms with E-state index in [1.54, 1.807) is 12.4 Å². The predicted octanol–water partition coefficient (Wildman–Crippen LogP) is 2.96. The number of aliphatic imine (C=N–C) groups is 1. The lowest BCUT2D eigenvalue weighted by Gasteiger charge is -2.03. The molecule has 3 heterocycles. The van der Waals surface area contributed by atoms with Crippen molar-refractivity contribution < 1.29 is 5.11 Å². The van der Waals surface area contributed by atoms with Crippen LogP contribution in [0.1, 0.15) is 30.4 Å². The Morgan fingerprint density at radius 3 is 3.05 bits per heavy atom. The summed E-state index contributed by atoms with van der Waals surface area (Å²) in [6.07, 6.45) is 6.28. The van der Waals surface area contributed by atoms with Gasteiger partial charge in [-0.2, -0.15) is 0 Å². The van der Waals surface area contributed by atoms with Crippen LogP contribution in [-0.4, -0.2) is 25.9 Å². The molecule has 3 rings (SSSR count). The van der Waals surface area contributed by atoms with Crippen LogP contribution in [0.2, 0.25) is 0 Å². The molecule has 0 radical (unpaired) electrons. The lowest BCUT2D eigenvalue weighted by atomic mass is 10.1. The third-order valence-electron chi connectivity index (χ3n) is 3.32. The van der Waals surface area contributed by atoms with Crippen LogP contribution in [0.4, 0.5) is 5.82 Å². The fourth-order valence-corrected chi connectivity index (χ4v) is 2.35. The number of nitrogens with zero attached hydrogens (tertiary/aromatic N) is 4. The monoisotopic (exact) mass is 268 g/mol. The minimum Gasteiger partial charge on any atom is -0.493 e. The average molecular weight is 268 g/mol. The van der Waals surface area contributed by atoms with E-state index in [0.29, 0.717) is 11.5 Å². The third kappa shape index (κ3) is 2.01. The maximum Gasteiger partial charge on any atom is 0.219 e. The topological polar surface area (TPSA) is 63.3 Å². The third-order valence-corrected chi connectivity index (χ3v) is 3.32. The molecule has 1 N–H and O–H groups in total. The number of hydrogen-bond acceptors (Lipinski definition) is 4. The van der Waals surface area contributed by atoms with E-state index in [-0.39, 0.29) is 5.88 Å². The van der Waals surface area contributed by atoms with Gasteiger partial charge in [-0.25, -0.2) is 15.0 Å². The summed E-state index contributed by atoms with van der Waals surface area (Å²) < 4.78 is 1.82. The molecule has 0 saturated carbocycles. The van der Waals surface area contributed by atoms with Crippen molar-refractivity contribution in [1.82, 2.24) is 14.5 Å². The molecule has 2 aromatic heterocycles. The number of imidazole rings is 1. The highest BCUT2D eigenvalue weighted by Gasteiger charge is 2.16. The molecule has 0 fully saturated rings. The molecule has 2 aromatic rings. The first-order valence-electron chi connectivity index (χ1n) is 6.68. The summed E-state index contributed by atoms with van der Waals surface area (Å²) in [4.78, 5) is 12.9. The van der Waals surface area contributed by atoms with Crippen molar-refractivity contribution in [1.29, 1.82) is 0 Å². The summed E-state index contributed by atoms with van der Waals surface area (Å²) in [5.41, 5.74) is 2.47. The summed E-state index contributed by atoms with van der Waals surface area (Å²) in [6.45, 7) is 4.73. The van der Waals surface area contributed by atoms with Crippen LogP contribution >= 0.6 is 0 Å². The number of hydrogen-bond donors (Lipinski definition) is 1. The van der Waals surface area contributed by atoms with Gasteiger partial charge in [0, 0.05) is 30.1 Å². The SMILES string of the molecule is CCCn1c(C)nc(/C=C2/C=Nc3ncccc32)c1O. The molecule has 5 heteroatoms. The lowest BCUT2D eigenvalue weighted by Crippen LogP contribution is -1.98. The van der Waals surface area contributed by atoms with Gasteiger partial charge in [-0.1, -0.05) is 6.92 Å². The second-order valence-corrected chi connectivity index (χ2v) is 4.75. The van der Waals surface area contributed by atoms with E-state index in [0.717, 1.165) is 29.9 Å². The van der Waals surface area contributed by atoms with Crippen LogP contribution in [-0.2, 0) is 6.54 Å². The molecule has 0 amide bonds. The number of fused-ring (bicyclic) bond motifs is 1. The molecule has 1 aliphatic rings. The molecule has 5 nitrogen and oxygen atoms in total. The van der Waals surface area contributed by atoms with Crippen LogP contribution in [0.25, 0.3) is 11.6 Å². The van der Waals surface area contributed by atoms with Gasteiger partial charge in [0.05, 0.1) is 0 Å². The molecule has 0 bridgehead atoms. The zero-order valence-corrected chi connectivity index (χ0v) is 11.5. The first kappa shape index (κ1) is 12.6. The standard InChI is InChI=1S/C15H16N4O/c1-3-7-19-10(2)18-13(15(19)20)8-11-9-17-14-12(11)5-4-6-16-14/h4-6,8-9,20H,3,7H2,1-2H3/b11-8-. The Bertz CT molecular complexity index is 713. The molecule has 1 aliphatic heterocycles. The smallest absolute Gasteiger partial charge is 0.219 e. The van der Waals surface area contributed by atoms with Crippen LogP contribution in [0.5, 0.6) is 5.88 Å². The Morgan fingerprint density at radius 1 is 1.40 bits per heavy atom. The Morgan fingerprint density at radius 2 is 2.25 bits per heavy atom. The molecule has 0 aromatic carbocycles. The van der Waals surface area contributed by atoms with Crippen molar-refractivity contribution in [2.24, 2.45) is 4.99 Å². The van der Waals surface area contributed by atoms with E-state index in [1.165, 1.54) is 0 Å². The van der Waals surface area contributed by atoms with Gasteiger partial charge in [-0.3, -0.25) is 4.57 Å². The summed E-state index contributed by atoms with van der Waals surface area (Å²) in [7, 11) is 0.